The Bertz CT molecular complexity index is 156. The molecule has 0 bridgehead atoms. The Morgan fingerprint density at radius 2 is 1.15 bits per heavy atom. The Kier molecular flexibility index (Phi) is 8.60. The van der Waals surface area contributed by atoms with Crippen molar-refractivity contribution in [2.45, 2.75) is 26.3 Å². The van der Waals surface area contributed by atoms with Crippen LogP contribution in [0.1, 0.15) is 20.8 Å². The van der Waals surface area contributed by atoms with E-state index in [0.29, 0.717) is 18.1 Å². The number of aldehydes is 2. The Labute approximate surface area is 80.4 Å². The van der Waals surface area contributed by atoms with Gasteiger partial charge in [-0.25, -0.2) is 0 Å². The maximum atomic E-state index is 9.32. The van der Waals surface area contributed by atoms with Gasteiger partial charge in [0.05, 0.1) is 0 Å². The Hall–Kier alpha value is -0.960. The average molecular weight is 185 g/mol. The summed E-state index contributed by atoms with van der Waals surface area (Å²) in [6, 6.07) is 0. The SMILES string of the molecule is CN(C)C(C)(C)C.O=C/C=C\C=O. The average Bonchev–Trinajstić information content (AvgIpc) is 2.00. The summed E-state index contributed by atoms with van der Waals surface area (Å²) in [4.78, 5) is 20.8. The lowest BCUT2D eigenvalue weighted by Crippen LogP contribution is -2.34. The molecule has 0 saturated heterocycles. The van der Waals surface area contributed by atoms with Crippen molar-refractivity contribution >= 4 is 12.6 Å². The van der Waals surface area contributed by atoms with Gasteiger partial charge in [-0.3, -0.25) is 9.59 Å². The van der Waals surface area contributed by atoms with Crippen LogP contribution in [-0.4, -0.2) is 37.1 Å². The van der Waals surface area contributed by atoms with Crippen molar-refractivity contribution in [3.8, 4) is 0 Å². The molecule has 0 atom stereocenters. The van der Waals surface area contributed by atoms with Gasteiger partial charge in [0, 0.05) is 5.54 Å². The summed E-state index contributed by atoms with van der Waals surface area (Å²) in [6.07, 6.45) is 3.36. The summed E-state index contributed by atoms with van der Waals surface area (Å²) in [5.74, 6) is 0. The third-order valence-corrected chi connectivity index (χ3v) is 1.61. The molecule has 0 N–H and O–H groups in total. The first kappa shape index (κ1) is 14.6. The number of hydrogen-bond acceptors (Lipinski definition) is 3. The quantitative estimate of drug-likeness (QED) is 0.480. The van der Waals surface area contributed by atoms with Crippen LogP contribution in [0.4, 0.5) is 0 Å². The monoisotopic (exact) mass is 185 g/mol. The number of hydrogen-bond donors (Lipinski definition) is 0. The molecule has 0 spiro atoms. The zero-order chi connectivity index (χ0) is 10.9. The predicted octanol–water partition coefficient (Wildman–Crippen LogP) is 1.29. The fourth-order valence-electron chi connectivity index (χ4n) is 0.0907. The first-order valence-corrected chi connectivity index (χ1v) is 4.09. The van der Waals surface area contributed by atoms with E-state index < -0.39 is 0 Å². The maximum absolute atomic E-state index is 9.32. The number of carbonyl (C=O) groups excluding carboxylic acids is 2. The highest BCUT2D eigenvalue weighted by Gasteiger charge is 2.10. The standard InChI is InChI=1S/C6H15N.C4H4O2/c1-6(2,3)7(4)5;5-3-1-2-4-6/h1-5H3;1-4H/b;2-1-. The molecule has 0 fully saturated rings. The Morgan fingerprint density at radius 1 is 0.923 bits per heavy atom. The molecule has 13 heavy (non-hydrogen) atoms. The molecule has 0 aliphatic heterocycles. The number of allylic oxidation sites excluding steroid dienone is 2. The van der Waals surface area contributed by atoms with Crippen LogP contribution in [0.3, 0.4) is 0 Å². The third-order valence-electron chi connectivity index (χ3n) is 1.61. The highest BCUT2D eigenvalue weighted by Crippen LogP contribution is 2.05. The van der Waals surface area contributed by atoms with Crippen LogP contribution in [0, 0.1) is 0 Å². The van der Waals surface area contributed by atoms with Crippen molar-refractivity contribution < 1.29 is 9.59 Å². The fourth-order valence-corrected chi connectivity index (χ4v) is 0.0907. The van der Waals surface area contributed by atoms with E-state index in [1.807, 2.05) is 0 Å². The molecule has 0 saturated carbocycles. The van der Waals surface area contributed by atoms with Crippen molar-refractivity contribution in [2.24, 2.45) is 0 Å². The first-order chi connectivity index (χ1) is 5.86. The lowest BCUT2D eigenvalue weighted by molar-refractivity contribution is -0.106. The highest BCUT2D eigenvalue weighted by atomic mass is 16.1. The van der Waals surface area contributed by atoms with Gasteiger partial charge in [-0.1, -0.05) is 0 Å². The van der Waals surface area contributed by atoms with Crippen molar-refractivity contribution in [3.63, 3.8) is 0 Å². The van der Waals surface area contributed by atoms with Crippen molar-refractivity contribution in [1.82, 2.24) is 4.90 Å². The largest absolute Gasteiger partial charge is 0.305 e. The molecular weight excluding hydrogens is 166 g/mol. The molecule has 0 aliphatic carbocycles. The highest BCUT2D eigenvalue weighted by molar-refractivity contribution is 5.75. The zero-order valence-electron chi connectivity index (χ0n) is 9.07. The van der Waals surface area contributed by atoms with Crippen LogP contribution < -0.4 is 0 Å². The van der Waals surface area contributed by atoms with E-state index in [1.165, 1.54) is 0 Å². The molecular formula is C10H19NO2. The molecule has 3 nitrogen and oxygen atoms in total. The summed E-state index contributed by atoms with van der Waals surface area (Å²) in [5.41, 5.74) is 0.333. The summed E-state index contributed by atoms with van der Waals surface area (Å²) >= 11 is 0. The Morgan fingerprint density at radius 3 is 1.23 bits per heavy atom. The molecule has 0 heterocycles. The topological polar surface area (TPSA) is 37.4 Å². The van der Waals surface area contributed by atoms with Crippen LogP contribution in [0.5, 0.6) is 0 Å². The Balaban J connectivity index is 0. The van der Waals surface area contributed by atoms with Gasteiger partial charge in [-0.15, -0.1) is 0 Å². The van der Waals surface area contributed by atoms with Crippen LogP contribution in [-0.2, 0) is 9.59 Å². The van der Waals surface area contributed by atoms with E-state index in [9.17, 15) is 9.59 Å². The second kappa shape index (κ2) is 7.68. The molecule has 0 radical (unpaired) electrons. The van der Waals surface area contributed by atoms with Gasteiger partial charge in [0.15, 0.2) is 0 Å². The number of carbonyl (C=O) groups is 2. The fraction of sp³-hybridized carbons (Fsp3) is 0.600. The molecule has 0 aromatic rings. The van der Waals surface area contributed by atoms with E-state index in [0.717, 1.165) is 12.2 Å². The lowest BCUT2D eigenvalue weighted by atomic mass is 10.1. The molecule has 76 valence electrons. The minimum atomic E-state index is 0.333. The molecule has 0 unspecified atom stereocenters. The predicted molar refractivity (Wildman–Crippen MR) is 54.7 cm³/mol. The van der Waals surface area contributed by atoms with Gasteiger partial charge < -0.3 is 4.90 Å². The van der Waals surface area contributed by atoms with E-state index >= 15 is 0 Å². The van der Waals surface area contributed by atoms with Gasteiger partial charge in [0.1, 0.15) is 12.6 Å². The van der Waals surface area contributed by atoms with E-state index in [2.05, 4.69) is 39.8 Å². The second-order valence-corrected chi connectivity index (χ2v) is 3.72. The molecule has 0 amide bonds. The third kappa shape index (κ3) is 14.0. The molecule has 3 heteroatoms. The minimum Gasteiger partial charge on any atom is -0.305 e. The van der Waals surface area contributed by atoms with Gasteiger partial charge in [0.25, 0.3) is 0 Å². The lowest BCUT2D eigenvalue weighted by Gasteiger charge is -2.27. The van der Waals surface area contributed by atoms with E-state index in [1.54, 1.807) is 0 Å². The van der Waals surface area contributed by atoms with Crippen LogP contribution in [0.2, 0.25) is 0 Å². The molecule has 0 aliphatic rings. The van der Waals surface area contributed by atoms with E-state index in [-0.39, 0.29) is 0 Å². The number of nitrogens with zero attached hydrogens (tertiary/aromatic N) is 1. The summed E-state index contributed by atoms with van der Waals surface area (Å²) in [5, 5.41) is 0. The van der Waals surface area contributed by atoms with Crippen LogP contribution >= 0.6 is 0 Å². The smallest absolute Gasteiger partial charge is 0.142 e. The molecule has 0 aromatic carbocycles. The van der Waals surface area contributed by atoms with Crippen molar-refractivity contribution in [2.75, 3.05) is 14.1 Å². The van der Waals surface area contributed by atoms with Crippen LogP contribution in [0.15, 0.2) is 12.2 Å². The molecule has 0 rings (SSSR count). The summed E-state index contributed by atoms with van der Waals surface area (Å²) in [7, 11) is 4.17. The maximum Gasteiger partial charge on any atom is 0.142 e. The summed E-state index contributed by atoms with van der Waals surface area (Å²) < 4.78 is 0. The first-order valence-electron chi connectivity index (χ1n) is 4.09. The normalized spacial score (nSPS) is 10.9. The molecule has 0 aromatic heterocycles. The van der Waals surface area contributed by atoms with Gasteiger partial charge >= 0.3 is 0 Å². The van der Waals surface area contributed by atoms with E-state index in [4.69, 9.17) is 0 Å². The van der Waals surface area contributed by atoms with Gasteiger partial charge in [0.2, 0.25) is 0 Å². The zero-order valence-corrected chi connectivity index (χ0v) is 9.07. The van der Waals surface area contributed by atoms with Gasteiger partial charge in [-0.2, -0.15) is 0 Å². The number of rotatable bonds is 2. The minimum absolute atomic E-state index is 0.333. The second-order valence-electron chi connectivity index (χ2n) is 3.72. The summed E-state index contributed by atoms with van der Waals surface area (Å²) in [6.45, 7) is 6.56. The van der Waals surface area contributed by atoms with Crippen molar-refractivity contribution in [3.05, 3.63) is 12.2 Å². The van der Waals surface area contributed by atoms with Crippen LogP contribution in [0.25, 0.3) is 0 Å². The van der Waals surface area contributed by atoms with Gasteiger partial charge in [-0.05, 0) is 47.0 Å². The van der Waals surface area contributed by atoms with Crippen molar-refractivity contribution in [1.29, 1.82) is 0 Å².